The molecule has 0 saturated carbocycles. The molecule has 2 rings (SSSR count). The van der Waals surface area contributed by atoms with Crippen LogP contribution in [0.15, 0.2) is 24.3 Å². The van der Waals surface area contributed by atoms with Crippen molar-refractivity contribution in [2.24, 2.45) is 5.92 Å². The first-order chi connectivity index (χ1) is 13.2. The number of hydrogen-bond acceptors (Lipinski definition) is 6. The van der Waals surface area contributed by atoms with E-state index in [2.05, 4.69) is 5.32 Å². The maximum atomic E-state index is 12.7. The highest BCUT2D eigenvalue weighted by Gasteiger charge is 2.45. The van der Waals surface area contributed by atoms with Gasteiger partial charge in [0.1, 0.15) is 6.04 Å². The summed E-state index contributed by atoms with van der Waals surface area (Å²) < 4.78 is 5.15. The van der Waals surface area contributed by atoms with Gasteiger partial charge in [0.05, 0.1) is 11.1 Å². The number of urea groups is 1. The van der Waals surface area contributed by atoms with Crippen LogP contribution in [0, 0.1) is 5.92 Å². The fourth-order valence-corrected chi connectivity index (χ4v) is 2.85. The normalized spacial score (nSPS) is 15.1. The van der Waals surface area contributed by atoms with Gasteiger partial charge < -0.3 is 10.1 Å². The van der Waals surface area contributed by atoms with Gasteiger partial charge in [-0.2, -0.15) is 0 Å². The molecule has 0 aliphatic carbocycles. The Kier molecular flexibility index (Phi) is 6.50. The third-order valence-corrected chi connectivity index (χ3v) is 4.21. The number of nitrogens with one attached hydrogen (secondary N) is 2. The van der Waals surface area contributed by atoms with Crippen molar-refractivity contribution in [3.63, 3.8) is 0 Å². The summed E-state index contributed by atoms with van der Waals surface area (Å²) >= 11 is 0. The lowest BCUT2D eigenvalue weighted by Gasteiger charge is -2.28. The second-order valence-corrected chi connectivity index (χ2v) is 6.64. The number of amides is 5. The standard InChI is InChI=1S/C19H23N3O6/c1-5-20-19(27)21-15(23)11(4)28-18(26)14(10(2)3)22-16(24)12-8-6-7-9-13(12)17(22)25/h6-11,14H,5H2,1-4H3,(H2,20,21,23,27)/t11-,14+/m1/s1. The van der Waals surface area contributed by atoms with E-state index in [1.54, 1.807) is 32.9 Å². The first-order valence-corrected chi connectivity index (χ1v) is 8.95. The van der Waals surface area contributed by atoms with Gasteiger partial charge in [-0.25, -0.2) is 9.59 Å². The molecular formula is C19H23N3O6. The topological polar surface area (TPSA) is 122 Å². The summed E-state index contributed by atoms with van der Waals surface area (Å²) in [5, 5.41) is 4.42. The van der Waals surface area contributed by atoms with Crippen LogP contribution in [0.5, 0.6) is 0 Å². The van der Waals surface area contributed by atoms with Crippen LogP contribution in [0.2, 0.25) is 0 Å². The summed E-state index contributed by atoms with van der Waals surface area (Å²) in [4.78, 5) is 62.3. The van der Waals surface area contributed by atoms with Crippen LogP contribution in [0.4, 0.5) is 4.79 Å². The Morgan fingerprint density at radius 2 is 1.57 bits per heavy atom. The predicted octanol–water partition coefficient (Wildman–Crippen LogP) is 1.08. The number of hydrogen-bond donors (Lipinski definition) is 2. The highest BCUT2D eigenvalue weighted by molar-refractivity contribution is 6.22. The molecule has 1 aromatic rings. The van der Waals surface area contributed by atoms with E-state index in [1.165, 1.54) is 19.1 Å². The number of rotatable bonds is 6. The average Bonchev–Trinajstić information content (AvgIpc) is 2.87. The summed E-state index contributed by atoms with van der Waals surface area (Å²) in [6.07, 6.45) is -1.29. The highest BCUT2D eigenvalue weighted by Crippen LogP contribution is 2.27. The van der Waals surface area contributed by atoms with Gasteiger partial charge in [0.2, 0.25) is 0 Å². The number of carbonyl (C=O) groups excluding carboxylic acids is 5. The number of nitrogens with zero attached hydrogens (tertiary/aromatic N) is 1. The van der Waals surface area contributed by atoms with Crippen molar-refractivity contribution < 1.29 is 28.7 Å². The van der Waals surface area contributed by atoms with Crippen LogP contribution in [-0.4, -0.2) is 53.3 Å². The van der Waals surface area contributed by atoms with E-state index in [-0.39, 0.29) is 11.1 Å². The molecule has 0 unspecified atom stereocenters. The van der Waals surface area contributed by atoms with Crippen molar-refractivity contribution in [1.29, 1.82) is 0 Å². The highest BCUT2D eigenvalue weighted by atomic mass is 16.5. The summed E-state index contributed by atoms with van der Waals surface area (Å²) in [6, 6.07) is 4.37. The molecular weight excluding hydrogens is 366 g/mol. The monoisotopic (exact) mass is 389 g/mol. The Bertz CT molecular complexity index is 785. The molecule has 0 fully saturated rings. The van der Waals surface area contributed by atoms with Gasteiger partial charge in [0.15, 0.2) is 6.10 Å². The first kappa shape index (κ1) is 21.1. The van der Waals surface area contributed by atoms with Gasteiger partial charge in [0.25, 0.3) is 17.7 Å². The van der Waals surface area contributed by atoms with Crippen molar-refractivity contribution >= 4 is 29.7 Å². The molecule has 0 radical (unpaired) electrons. The van der Waals surface area contributed by atoms with Crippen LogP contribution in [0.1, 0.15) is 48.4 Å². The fourth-order valence-electron chi connectivity index (χ4n) is 2.85. The molecule has 0 bridgehead atoms. The number of esters is 1. The zero-order chi connectivity index (χ0) is 21.0. The molecule has 0 spiro atoms. The molecule has 1 aliphatic heterocycles. The molecule has 2 atom stereocenters. The second-order valence-electron chi connectivity index (χ2n) is 6.64. The van der Waals surface area contributed by atoms with E-state index >= 15 is 0 Å². The quantitative estimate of drug-likeness (QED) is 0.555. The molecule has 5 amide bonds. The van der Waals surface area contributed by atoms with E-state index in [0.29, 0.717) is 6.54 Å². The Morgan fingerprint density at radius 1 is 1.04 bits per heavy atom. The molecule has 1 heterocycles. The predicted molar refractivity (Wildman–Crippen MR) is 98.3 cm³/mol. The number of ether oxygens (including phenoxy) is 1. The first-order valence-electron chi connectivity index (χ1n) is 8.95. The lowest BCUT2D eigenvalue weighted by atomic mass is 10.0. The second kappa shape index (κ2) is 8.64. The van der Waals surface area contributed by atoms with Crippen LogP contribution in [0.3, 0.4) is 0 Å². The van der Waals surface area contributed by atoms with Gasteiger partial charge in [-0.1, -0.05) is 26.0 Å². The van der Waals surface area contributed by atoms with Crippen molar-refractivity contribution in [2.75, 3.05) is 6.54 Å². The zero-order valence-corrected chi connectivity index (χ0v) is 16.1. The van der Waals surface area contributed by atoms with Gasteiger partial charge in [0, 0.05) is 6.54 Å². The van der Waals surface area contributed by atoms with Gasteiger partial charge >= 0.3 is 12.0 Å². The van der Waals surface area contributed by atoms with Crippen molar-refractivity contribution in [3.8, 4) is 0 Å². The Balaban J connectivity index is 2.15. The molecule has 2 N–H and O–H groups in total. The fraction of sp³-hybridized carbons (Fsp3) is 0.421. The Morgan fingerprint density at radius 3 is 2.04 bits per heavy atom. The zero-order valence-electron chi connectivity index (χ0n) is 16.1. The molecule has 1 aliphatic rings. The molecule has 0 saturated heterocycles. The lowest BCUT2D eigenvalue weighted by Crippen LogP contribution is -2.51. The van der Waals surface area contributed by atoms with Crippen LogP contribution < -0.4 is 10.6 Å². The van der Waals surface area contributed by atoms with Gasteiger partial charge in [-0.3, -0.25) is 24.6 Å². The van der Waals surface area contributed by atoms with Gasteiger partial charge in [-0.15, -0.1) is 0 Å². The van der Waals surface area contributed by atoms with E-state index < -0.39 is 47.8 Å². The van der Waals surface area contributed by atoms with Crippen molar-refractivity contribution in [3.05, 3.63) is 35.4 Å². The van der Waals surface area contributed by atoms with Crippen molar-refractivity contribution in [2.45, 2.75) is 39.8 Å². The Hall–Kier alpha value is -3.23. The molecule has 28 heavy (non-hydrogen) atoms. The van der Waals surface area contributed by atoms with E-state index in [0.717, 1.165) is 4.90 Å². The molecule has 150 valence electrons. The van der Waals surface area contributed by atoms with Gasteiger partial charge in [-0.05, 0) is 31.9 Å². The average molecular weight is 389 g/mol. The van der Waals surface area contributed by atoms with E-state index in [1.807, 2.05) is 5.32 Å². The lowest BCUT2D eigenvalue weighted by molar-refractivity contribution is -0.159. The minimum atomic E-state index is -1.29. The summed E-state index contributed by atoms with van der Waals surface area (Å²) in [5.74, 6) is -3.34. The third-order valence-electron chi connectivity index (χ3n) is 4.21. The maximum absolute atomic E-state index is 12.7. The largest absolute Gasteiger partial charge is 0.451 e. The van der Waals surface area contributed by atoms with Crippen LogP contribution in [-0.2, 0) is 14.3 Å². The number of carbonyl (C=O) groups is 5. The number of imide groups is 2. The Labute approximate surface area is 162 Å². The smallest absolute Gasteiger partial charge is 0.330 e. The van der Waals surface area contributed by atoms with E-state index in [4.69, 9.17) is 4.74 Å². The van der Waals surface area contributed by atoms with Crippen LogP contribution in [0.25, 0.3) is 0 Å². The summed E-state index contributed by atoms with van der Waals surface area (Å²) in [5.41, 5.74) is 0.431. The van der Waals surface area contributed by atoms with Crippen LogP contribution >= 0.6 is 0 Å². The maximum Gasteiger partial charge on any atom is 0.330 e. The third kappa shape index (κ3) is 4.19. The van der Waals surface area contributed by atoms with E-state index in [9.17, 15) is 24.0 Å². The molecule has 1 aromatic carbocycles. The summed E-state index contributed by atoms with van der Waals surface area (Å²) in [7, 11) is 0. The number of fused-ring (bicyclic) bond motifs is 1. The minimum absolute atomic E-state index is 0.216. The molecule has 9 nitrogen and oxygen atoms in total. The SMILES string of the molecule is CCNC(=O)NC(=O)[C@@H](C)OC(=O)[C@H](C(C)C)N1C(=O)c2ccccc2C1=O. The molecule has 0 aromatic heterocycles. The van der Waals surface area contributed by atoms with Crippen molar-refractivity contribution in [1.82, 2.24) is 15.5 Å². The molecule has 9 heteroatoms. The minimum Gasteiger partial charge on any atom is -0.451 e. The summed E-state index contributed by atoms with van der Waals surface area (Å²) in [6.45, 7) is 6.63. The number of benzene rings is 1.